The largest absolute Gasteiger partial charge is 0.339 e. The summed E-state index contributed by atoms with van der Waals surface area (Å²) in [5.41, 5.74) is 1.60. The number of hydrogen-bond donors (Lipinski definition) is 0. The van der Waals surface area contributed by atoms with Gasteiger partial charge in [0, 0.05) is 12.5 Å². The minimum atomic E-state index is -0.524. The number of amides is 1. The van der Waals surface area contributed by atoms with Crippen LogP contribution in [-0.4, -0.2) is 22.0 Å². The number of carbonyl (C=O) groups excluding carboxylic acids is 1. The van der Waals surface area contributed by atoms with E-state index in [1.807, 2.05) is 42.2 Å². The summed E-state index contributed by atoms with van der Waals surface area (Å²) in [5, 5.41) is 0.372. The summed E-state index contributed by atoms with van der Waals surface area (Å²) >= 11 is 11.5. The summed E-state index contributed by atoms with van der Waals surface area (Å²) in [6.07, 6.45) is 0.326. The van der Waals surface area contributed by atoms with Gasteiger partial charge in [-0.1, -0.05) is 41.9 Å². The predicted molar refractivity (Wildman–Crippen MR) is 102 cm³/mol. The van der Waals surface area contributed by atoms with Gasteiger partial charge in [-0.2, -0.15) is 0 Å². The second kappa shape index (κ2) is 7.10. The highest BCUT2D eigenvalue weighted by Gasteiger charge is 2.37. The maximum absolute atomic E-state index is 13.5. The van der Waals surface area contributed by atoms with Crippen LogP contribution in [0.4, 0.5) is 10.1 Å². The van der Waals surface area contributed by atoms with Gasteiger partial charge in [-0.15, -0.1) is 0 Å². The molecule has 25 heavy (non-hydrogen) atoms. The highest BCUT2D eigenvalue weighted by atomic mass is 35.5. The molecule has 0 N–H and O–H groups in total. The number of nitrogens with zero attached hydrogens (tertiary/aromatic N) is 2. The molecule has 0 bridgehead atoms. The summed E-state index contributed by atoms with van der Waals surface area (Å²) in [4.78, 5) is 16.1. The Hall–Kier alpha value is -1.98. The van der Waals surface area contributed by atoms with E-state index < -0.39 is 5.82 Å². The van der Waals surface area contributed by atoms with Crippen LogP contribution in [0, 0.1) is 5.82 Å². The van der Waals surface area contributed by atoms with Gasteiger partial charge in [0.1, 0.15) is 5.82 Å². The lowest BCUT2D eigenvalue weighted by molar-refractivity contribution is -0.119. The van der Waals surface area contributed by atoms with Gasteiger partial charge < -0.3 is 4.90 Å². The Morgan fingerprint density at radius 2 is 1.92 bits per heavy atom. The second-order valence-corrected chi connectivity index (χ2v) is 6.93. The third kappa shape index (κ3) is 3.39. The van der Waals surface area contributed by atoms with Crippen LogP contribution < -0.4 is 4.90 Å². The van der Waals surface area contributed by atoms with Crippen LogP contribution in [0.5, 0.6) is 0 Å². The van der Waals surface area contributed by atoms with Crippen LogP contribution in [0.1, 0.15) is 31.9 Å². The van der Waals surface area contributed by atoms with Crippen LogP contribution in [0.25, 0.3) is 0 Å². The molecule has 0 unspecified atom stereocenters. The standard InChI is InChI=1S/C19H18ClFN2OS/c1-12-10-18(24)23(15-8-9-17(21)16(20)11-15)19(25)22(12)13(2)14-6-4-3-5-7-14/h3-9,11-13H,10H2,1-2H3/t12-,13+/m1/s1. The van der Waals surface area contributed by atoms with E-state index >= 15 is 0 Å². The Labute approximate surface area is 157 Å². The molecule has 1 amide bonds. The van der Waals surface area contributed by atoms with Gasteiger partial charge in [0.2, 0.25) is 5.91 Å². The van der Waals surface area contributed by atoms with Gasteiger partial charge in [0.05, 0.1) is 16.8 Å². The van der Waals surface area contributed by atoms with E-state index in [9.17, 15) is 9.18 Å². The Bertz CT molecular complexity index is 814. The molecule has 1 aliphatic heterocycles. The third-order valence-corrected chi connectivity index (χ3v) is 5.15. The van der Waals surface area contributed by atoms with E-state index in [2.05, 4.69) is 6.92 Å². The molecule has 1 heterocycles. The van der Waals surface area contributed by atoms with E-state index in [-0.39, 0.29) is 23.0 Å². The summed E-state index contributed by atoms with van der Waals surface area (Å²) in [7, 11) is 0. The zero-order chi connectivity index (χ0) is 18.1. The van der Waals surface area contributed by atoms with Gasteiger partial charge in [-0.3, -0.25) is 9.69 Å². The molecule has 0 aromatic heterocycles. The summed E-state index contributed by atoms with van der Waals surface area (Å²) < 4.78 is 13.5. The highest BCUT2D eigenvalue weighted by molar-refractivity contribution is 7.80. The molecule has 1 saturated heterocycles. The minimum absolute atomic E-state index is 0.00946. The van der Waals surface area contributed by atoms with Crippen molar-refractivity contribution in [3.63, 3.8) is 0 Å². The van der Waals surface area contributed by atoms with E-state index in [0.717, 1.165) is 5.56 Å². The third-order valence-electron chi connectivity index (χ3n) is 4.47. The molecular formula is C19H18ClFN2OS. The first kappa shape index (κ1) is 17.8. The van der Waals surface area contributed by atoms with Crippen molar-refractivity contribution in [1.29, 1.82) is 0 Å². The van der Waals surface area contributed by atoms with Crippen molar-refractivity contribution in [3.8, 4) is 0 Å². The normalized spacial score (nSPS) is 19.3. The topological polar surface area (TPSA) is 23.6 Å². The second-order valence-electron chi connectivity index (χ2n) is 6.16. The van der Waals surface area contributed by atoms with E-state index in [1.54, 1.807) is 0 Å². The lowest BCUT2D eigenvalue weighted by Crippen LogP contribution is -2.56. The zero-order valence-corrected chi connectivity index (χ0v) is 15.5. The van der Waals surface area contributed by atoms with E-state index in [0.29, 0.717) is 17.2 Å². The van der Waals surface area contributed by atoms with Crippen molar-refractivity contribution in [2.45, 2.75) is 32.4 Å². The first-order chi connectivity index (χ1) is 11.9. The van der Waals surface area contributed by atoms with Crippen LogP contribution in [0.2, 0.25) is 5.02 Å². The average Bonchev–Trinajstić information content (AvgIpc) is 2.58. The van der Waals surface area contributed by atoms with Crippen molar-refractivity contribution in [2.75, 3.05) is 4.90 Å². The van der Waals surface area contributed by atoms with Crippen molar-refractivity contribution in [3.05, 3.63) is 64.9 Å². The van der Waals surface area contributed by atoms with Crippen molar-refractivity contribution >= 4 is 40.5 Å². The summed E-state index contributed by atoms with van der Waals surface area (Å²) in [6, 6.07) is 14.2. The number of thiocarbonyl (C=S) groups is 1. The SMILES string of the molecule is C[C@@H]1CC(=O)N(c2ccc(F)c(Cl)c2)C(=S)N1[C@@H](C)c1ccccc1. The lowest BCUT2D eigenvalue weighted by Gasteiger charge is -2.44. The molecule has 1 aliphatic rings. The molecule has 2 atom stereocenters. The van der Waals surface area contributed by atoms with Crippen LogP contribution >= 0.6 is 23.8 Å². The Morgan fingerprint density at radius 1 is 1.24 bits per heavy atom. The number of benzene rings is 2. The molecule has 6 heteroatoms. The lowest BCUT2D eigenvalue weighted by atomic mass is 10.0. The number of anilines is 1. The Kier molecular flexibility index (Phi) is 5.06. The number of carbonyl (C=O) groups is 1. The van der Waals surface area contributed by atoms with Crippen LogP contribution in [0.3, 0.4) is 0 Å². The van der Waals surface area contributed by atoms with Crippen molar-refractivity contribution in [2.24, 2.45) is 0 Å². The monoisotopic (exact) mass is 376 g/mol. The zero-order valence-electron chi connectivity index (χ0n) is 13.9. The maximum Gasteiger partial charge on any atom is 0.235 e. The number of rotatable bonds is 3. The number of hydrogen-bond acceptors (Lipinski definition) is 2. The minimum Gasteiger partial charge on any atom is -0.339 e. The first-order valence-electron chi connectivity index (χ1n) is 8.05. The van der Waals surface area contributed by atoms with Gasteiger partial charge in [0.15, 0.2) is 5.11 Å². The first-order valence-corrected chi connectivity index (χ1v) is 8.84. The average molecular weight is 377 g/mol. The van der Waals surface area contributed by atoms with Gasteiger partial charge in [-0.05, 0) is 49.8 Å². The predicted octanol–water partition coefficient (Wildman–Crippen LogP) is 4.95. The quantitative estimate of drug-likeness (QED) is 0.708. The summed E-state index contributed by atoms with van der Waals surface area (Å²) in [5.74, 6) is -0.639. The van der Waals surface area contributed by atoms with Gasteiger partial charge >= 0.3 is 0 Å². The fraction of sp³-hybridized carbons (Fsp3) is 0.263. The molecule has 3 nitrogen and oxygen atoms in total. The molecule has 1 fully saturated rings. The Morgan fingerprint density at radius 3 is 2.56 bits per heavy atom. The molecular weight excluding hydrogens is 359 g/mol. The number of halogens is 2. The summed E-state index contributed by atoms with van der Waals surface area (Å²) in [6.45, 7) is 4.04. The molecule has 0 aliphatic carbocycles. The molecule has 0 spiro atoms. The molecule has 2 aromatic rings. The molecule has 2 aromatic carbocycles. The van der Waals surface area contributed by atoms with Gasteiger partial charge in [-0.25, -0.2) is 4.39 Å². The van der Waals surface area contributed by atoms with E-state index in [1.165, 1.54) is 23.1 Å². The fourth-order valence-corrected chi connectivity index (χ4v) is 3.89. The molecule has 0 saturated carbocycles. The fourth-order valence-electron chi connectivity index (χ4n) is 3.17. The molecule has 0 radical (unpaired) electrons. The van der Waals surface area contributed by atoms with Crippen molar-refractivity contribution in [1.82, 2.24) is 4.90 Å². The maximum atomic E-state index is 13.5. The van der Waals surface area contributed by atoms with Gasteiger partial charge in [0.25, 0.3) is 0 Å². The molecule has 130 valence electrons. The smallest absolute Gasteiger partial charge is 0.235 e. The molecule has 3 rings (SSSR count). The highest BCUT2D eigenvalue weighted by Crippen LogP contribution is 2.33. The van der Waals surface area contributed by atoms with Crippen LogP contribution in [0.15, 0.2) is 48.5 Å². The van der Waals surface area contributed by atoms with Crippen molar-refractivity contribution < 1.29 is 9.18 Å². The Balaban J connectivity index is 1.96. The van der Waals surface area contributed by atoms with Crippen LogP contribution in [-0.2, 0) is 4.79 Å². The van der Waals surface area contributed by atoms with E-state index in [4.69, 9.17) is 23.8 Å².